The Morgan fingerprint density at radius 2 is 2.00 bits per heavy atom. The van der Waals surface area contributed by atoms with E-state index < -0.39 is 0 Å². The molecule has 0 aliphatic carbocycles. The number of halogens is 1. The van der Waals surface area contributed by atoms with Crippen molar-refractivity contribution in [2.75, 3.05) is 0 Å². The number of carbonyl (C=O) groups is 1. The summed E-state index contributed by atoms with van der Waals surface area (Å²) in [6.07, 6.45) is 1.51. The molecule has 4 nitrogen and oxygen atoms in total. The second-order valence-corrected chi connectivity index (χ2v) is 4.25. The molecule has 82 valence electrons. The maximum atomic E-state index is 11.1. The summed E-state index contributed by atoms with van der Waals surface area (Å²) < 4.78 is 2.07. The Kier molecular flexibility index (Phi) is 2.78. The van der Waals surface area contributed by atoms with Gasteiger partial charge in [0.25, 0.3) is 0 Å². The third-order valence-electron chi connectivity index (χ3n) is 2.17. The van der Waals surface area contributed by atoms with Crippen LogP contribution in [0.4, 0.5) is 0 Å². The summed E-state index contributed by atoms with van der Waals surface area (Å²) in [5, 5.41) is 13.3. The Hall–Kier alpha value is -1.62. The molecule has 0 atom stereocenters. The van der Waals surface area contributed by atoms with Gasteiger partial charge < -0.3 is 5.11 Å². The van der Waals surface area contributed by atoms with Gasteiger partial charge in [0.1, 0.15) is 0 Å². The minimum absolute atomic E-state index is 0.141. The fourth-order valence-corrected chi connectivity index (χ4v) is 1.62. The lowest BCUT2D eigenvalue weighted by atomic mass is 10.1. The number of hydrogen-bond acceptors (Lipinski definition) is 3. The minimum atomic E-state index is -0.237. The molecule has 1 aromatic heterocycles. The Morgan fingerprint density at radius 1 is 1.38 bits per heavy atom. The summed E-state index contributed by atoms with van der Waals surface area (Å²) in [6, 6.07) is 7.40. The van der Waals surface area contributed by atoms with Gasteiger partial charge in [0.05, 0.1) is 5.56 Å². The summed E-state index contributed by atoms with van der Waals surface area (Å²) in [6.45, 7) is 1.39. The van der Waals surface area contributed by atoms with Gasteiger partial charge >= 0.3 is 0 Å². The van der Waals surface area contributed by atoms with Crippen LogP contribution in [-0.2, 0) is 0 Å². The molecule has 16 heavy (non-hydrogen) atoms. The summed E-state index contributed by atoms with van der Waals surface area (Å²) in [5.74, 6) is -0.379. The molecule has 2 aromatic rings. The van der Waals surface area contributed by atoms with Gasteiger partial charge in [-0.05, 0) is 17.7 Å². The first-order chi connectivity index (χ1) is 7.58. The highest BCUT2D eigenvalue weighted by atomic mass is 79.9. The summed E-state index contributed by atoms with van der Waals surface area (Å²) >= 11 is 3.33. The second-order valence-electron chi connectivity index (χ2n) is 3.34. The van der Waals surface area contributed by atoms with Crippen molar-refractivity contribution >= 4 is 21.8 Å². The van der Waals surface area contributed by atoms with Crippen molar-refractivity contribution in [1.29, 1.82) is 0 Å². The maximum absolute atomic E-state index is 11.1. The van der Waals surface area contributed by atoms with E-state index >= 15 is 0 Å². The van der Waals surface area contributed by atoms with Gasteiger partial charge in [-0.3, -0.25) is 4.79 Å². The lowest BCUT2D eigenvalue weighted by molar-refractivity contribution is 0.0919. The standard InChI is InChI=1S/C11H9BrN2O2/c1-7(15)14-6-10(11(16)13-14)8-2-4-9(12)5-3-8/h2-6H,1H3,(H,13,16). The van der Waals surface area contributed by atoms with E-state index in [0.717, 1.165) is 14.7 Å². The third-order valence-corrected chi connectivity index (χ3v) is 2.70. The SMILES string of the molecule is CC(=O)n1cc(-c2ccc(Br)cc2)c(O)n1. The molecule has 0 saturated heterocycles. The van der Waals surface area contributed by atoms with Crippen molar-refractivity contribution in [3.05, 3.63) is 34.9 Å². The van der Waals surface area contributed by atoms with E-state index in [1.165, 1.54) is 13.1 Å². The zero-order chi connectivity index (χ0) is 11.7. The summed E-state index contributed by atoms with van der Waals surface area (Å²) in [5.41, 5.74) is 1.36. The van der Waals surface area contributed by atoms with Crippen LogP contribution in [0, 0.1) is 0 Å². The zero-order valence-electron chi connectivity index (χ0n) is 8.51. The van der Waals surface area contributed by atoms with Crippen LogP contribution in [0.2, 0.25) is 0 Å². The van der Waals surface area contributed by atoms with Gasteiger partial charge in [-0.2, -0.15) is 0 Å². The molecule has 0 unspecified atom stereocenters. The monoisotopic (exact) mass is 280 g/mol. The van der Waals surface area contributed by atoms with Gasteiger partial charge in [0, 0.05) is 17.6 Å². The van der Waals surface area contributed by atoms with Crippen molar-refractivity contribution in [1.82, 2.24) is 9.78 Å². The Labute approximate surface area is 101 Å². The molecular formula is C11H9BrN2O2. The Bertz CT molecular complexity index is 531. The van der Waals surface area contributed by atoms with E-state index in [0.29, 0.717) is 5.56 Å². The number of carbonyl (C=O) groups excluding carboxylic acids is 1. The molecular weight excluding hydrogens is 272 g/mol. The van der Waals surface area contributed by atoms with E-state index in [9.17, 15) is 9.90 Å². The first-order valence-corrected chi connectivity index (χ1v) is 5.43. The normalized spacial score (nSPS) is 10.4. The molecule has 0 saturated carbocycles. The fraction of sp³-hybridized carbons (Fsp3) is 0.0909. The van der Waals surface area contributed by atoms with E-state index in [1.807, 2.05) is 24.3 Å². The van der Waals surface area contributed by atoms with Crippen LogP contribution in [0.3, 0.4) is 0 Å². The van der Waals surface area contributed by atoms with Crippen LogP contribution < -0.4 is 0 Å². The minimum Gasteiger partial charge on any atom is -0.492 e. The van der Waals surface area contributed by atoms with Crippen molar-refractivity contribution < 1.29 is 9.90 Å². The second kappa shape index (κ2) is 4.09. The van der Waals surface area contributed by atoms with Crippen LogP contribution >= 0.6 is 15.9 Å². The molecule has 0 bridgehead atoms. The molecule has 0 aliphatic heterocycles. The van der Waals surface area contributed by atoms with Gasteiger partial charge in [-0.15, -0.1) is 5.10 Å². The summed E-state index contributed by atoms with van der Waals surface area (Å²) in [4.78, 5) is 11.1. The van der Waals surface area contributed by atoms with Crippen molar-refractivity contribution in [3.63, 3.8) is 0 Å². The lowest BCUT2D eigenvalue weighted by Crippen LogP contribution is -2.04. The molecule has 5 heteroatoms. The molecule has 1 heterocycles. The van der Waals surface area contributed by atoms with E-state index in [-0.39, 0.29) is 11.8 Å². The first kappa shape index (κ1) is 10.9. The fourth-order valence-electron chi connectivity index (χ4n) is 1.36. The van der Waals surface area contributed by atoms with Crippen molar-refractivity contribution in [2.24, 2.45) is 0 Å². The molecule has 0 radical (unpaired) electrons. The zero-order valence-corrected chi connectivity index (χ0v) is 10.1. The summed E-state index contributed by atoms with van der Waals surface area (Å²) in [7, 11) is 0. The van der Waals surface area contributed by atoms with E-state index in [4.69, 9.17) is 0 Å². The average Bonchev–Trinajstić information content (AvgIpc) is 2.62. The topological polar surface area (TPSA) is 55.1 Å². The third kappa shape index (κ3) is 1.99. The molecule has 0 fully saturated rings. The Morgan fingerprint density at radius 3 is 2.50 bits per heavy atom. The molecule has 2 rings (SSSR count). The smallest absolute Gasteiger partial charge is 0.243 e. The largest absolute Gasteiger partial charge is 0.492 e. The number of aromatic nitrogens is 2. The highest BCUT2D eigenvalue weighted by Gasteiger charge is 2.11. The van der Waals surface area contributed by atoms with Gasteiger partial charge in [-0.25, -0.2) is 4.68 Å². The number of hydrogen-bond donors (Lipinski definition) is 1. The molecule has 1 N–H and O–H groups in total. The van der Waals surface area contributed by atoms with Crippen LogP contribution in [0.25, 0.3) is 11.1 Å². The number of rotatable bonds is 1. The van der Waals surface area contributed by atoms with Gasteiger partial charge in [0.15, 0.2) is 0 Å². The highest BCUT2D eigenvalue weighted by Crippen LogP contribution is 2.28. The number of benzene rings is 1. The molecule has 1 aromatic carbocycles. The lowest BCUT2D eigenvalue weighted by Gasteiger charge is -1.97. The van der Waals surface area contributed by atoms with Gasteiger partial charge in [-0.1, -0.05) is 28.1 Å². The van der Waals surface area contributed by atoms with E-state index in [1.54, 1.807) is 0 Å². The van der Waals surface area contributed by atoms with E-state index in [2.05, 4.69) is 21.0 Å². The van der Waals surface area contributed by atoms with Crippen molar-refractivity contribution in [2.45, 2.75) is 6.92 Å². The predicted molar refractivity (Wildman–Crippen MR) is 63.3 cm³/mol. The Balaban J connectivity index is 2.47. The molecule has 0 aliphatic rings. The maximum Gasteiger partial charge on any atom is 0.243 e. The van der Waals surface area contributed by atoms with Crippen LogP contribution in [0.1, 0.15) is 11.7 Å². The highest BCUT2D eigenvalue weighted by molar-refractivity contribution is 9.10. The van der Waals surface area contributed by atoms with Gasteiger partial charge in [0.2, 0.25) is 11.8 Å². The number of aromatic hydroxyl groups is 1. The quantitative estimate of drug-likeness (QED) is 0.874. The van der Waals surface area contributed by atoms with Crippen LogP contribution in [-0.4, -0.2) is 20.8 Å². The molecule has 0 amide bonds. The first-order valence-electron chi connectivity index (χ1n) is 4.63. The van der Waals surface area contributed by atoms with Crippen LogP contribution in [0.5, 0.6) is 5.88 Å². The number of nitrogens with zero attached hydrogens (tertiary/aromatic N) is 2. The average molecular weight is 281 g/mol. The van der Waals surface area contributed by atoms with Crippen molar-refractivity contribution in [3.8, 4) is 17.0 Å². The predicted octanol–water partition coefficient (Wildman–Crippen LogP) is 2.68. The molecule has 0 spiro atoms. The van der Waals surface area contributed by atoms with Crippen LogP contribution in [0.15, 0.2) is 34.9 Å².